The van der Waals surface area contributed by atoms with Crippen LogP contribution in [0.5, 0.6) is 0 Å². The number of hydrogen-bond acceptors (Lipinski definition) is 4. The molecule has 86 valence electrons. The van der Waals surface area contributed by atoms with Gasteiger partial charge in [0.1, 0.15) is 0 Å². The highest BCUT2D eigenvalue weighted by molar-refractivity contribution is 7.92. The summed E-state index contributed by atoms with van der Waals surface area (Å²) in [5.41, 5.74) is 1.41. The van der Waals surface area contributed by atoms with Gasteiger partial charge in [-0.3, -0.25) is 9.08 Å². The number of benzene rings is 1. The Kier molecular flexibility index (Phi) is 3.15. The third-order valence-electron chi connectivity index (χ3n) is 3.17. The zero-order chi connectivity index (χ0) is 10.8. The highest BCUT2D eigenvalue weighted by Gasteiger charge is 2.32. The third kappa shape index (κ3) is 2.25. The van der Waals surface area contributed by atoms with Crippen LogP contribution in [0.4, 0.5) is 0 Å². The number of hydrogen-bond donors (Lipinski definition) is 0. The van der Waals surface area contributed by atoms with Crippen LogP contribution in [0.15, 0.2) is 30.3 Å². The lowest BCUT2D eigenvalue weighted by Crippen LogP contribution is -2.48. The Labute approximate surface area is 101 Å². The fourth-order valence-electron chi connectivity index (χ4n) is 2.30. The predicted octanol–water partition coefficient (Wildman–Crippen LogP) is 1.77. The second-order valence-corrected chi connectivity index (χ2v) is 5.23. The molecule has 1 atom stereocenters. The minimum absolute atomic E-state index is 0.586. The second kappa shape index (κ2) is 4.75. The van der Waals surface area contributed by atoms with E-state index in [9.17, 15) is 0 Å². The largest absolute Gasteiger partial charge is 0.299 e. The summed E-state index contributed by atoms with van der Waals surface area (Å²) in [5.74, 6) is 0. The zero-order valence-electron chi connectivity index (χ0n) is 9.21. The molecule has 0 amide bonds. The van der Waals surface area contributed by atoms with E-state index in [-0.39, 0.29) is 0 Å². The molecule has 0 aliphatic carbocycles. The van der Waals surface area contributed by atoms with Crippen molar-refractivity contribution >= 4 is 12.2 Å². The molecule has 2 aliphatic rings. The van der Waals surface area contributed by atoms with Crippen molar-refractivity contribution in [3.63, 3.8) is 0 Å². The van der Waals surface area contributed by atoms with Gasteiger partial charge in [0.25, 0.3) is 0 Å². The Balaban J connectivity index is 1.60. The van der Waals surface area contributed by atoms with E-state index in [1.165, 1.54) is 5.56 Å². The molecular formula is C12H16N2OS. The molecule has 0 radical (unpaired) electrons. The molecule has 1 unspecified atom stereocenters. The van der Waals surface area contributed by atoms with Gasteiger partial charge >= 0.3 is 0 Å². The van der Waals surface area contributed by atoms with Crippen LogP contribution in [0, 0.1) is 0 Å². The molecule has 1 aromatic carbocycles. The van der Waals surface area contributed by atoms with E-state index >= 15 is 0 Å². The van der Waals surface area contributed by atoms with Gasteiger partial charge in [-0.25, -0.2) is 4.31 Å². The minimum atomic E-state index is 0.586. The Morgan fingerprint density at radius 2 is 2.12 bits per heavy atom. The Morgan fingerprint density at radius 1 is 1.25 bits per heavy atom. The number of fused-ring (bicyclic) bond motifs is 1. The summed E-state index contributed by atoms with van der Waals surface area (Å²) in [7, 11) is 0. The number of nitrogens with zero attached hydrogens (tertiary/aromatic N) is 2. The fraction of sp³-hybridized carbons (Fsp3) is 0.500. The van der Waals surface area contributed by atoms with E-state index in [0.717, 1.165) is 32.8 Å². The van der Waals surface area contributed by atoms with Crippen LogP contribution in [0.3, 0.4) is 0 Å². The lowest BCUT2D eigenvalue weighted by atomic mass is 10.1. The number of piperazine rings is 1. The van der Waals surface area contributed by atoms with Gasteiger partial charge in [-0.05, 0) is 5.56 Å². The van der Waals surface area contributed by atoms with Crippen molar-refractivity contribution < 1.29 is 4.18 Å². The van der Waals surface area contributed by atoms with E-state index in [0.29, 0.717) is 6.04 Å². The van der Waals surface area contributed by atoms with Crippen LogP contribution >= 0.6 is 12.2 Å². The predicted molar refractivity (Wildman–Crippen MR) is 65.8 cm³/mol. The molecule has 0 bridgehead atoms. The molecule has 0 aromatic heterocycles. The average molecular weight is 236 g/mol. The van der Waals surface area contributed by atoms with Gasteiger partial charge in [-0.15, -0.1) is 0 Å². The summed E-state index contributed by atoms with van der Waals surface area (Å²) in [4.78, 5) is 2.52. The summed E-state index contributed by atoms with van der Waals surface area (Å²) in [6.45, 7) is 5.32. The molecule has 4 heteroatoms. The summed E-state index contributed by atoms with van der Waals surface area (Å²) in [5, 5.41) is 0. The van der Waals surface area contributed by atoms with Crippen molar-refractivity contribution in [2.45, 2.75) is 12.6 Å². The quantitative estimate of drug-likeness (QED) is 0.574. The minimum Gasteiger partial charge on any atom is -0.299 e. The van der Waals surface area contributed by atoms with Gasteiger partial charge in [-0.2, -0.15) is 0 Å². The van der Waals surface area contributed by atoms with Crippen LogP contribution in [0.25, 0.3) is 0 Å². The molecule has 2 saturated heterocycles. The standard InChI is InChI=1S/C12H16N2OS/c1-2-4-11(5-3-1)8-13-6-7-14-12(9-13)10-15-16-14/h1-5,12H,6-10H2. The van der Waals surface area contributed by atoms with Crippen molar-refractivity contribution in [3.05, 3.63) is 35.9 Å². The molecule has 16 heavy (non-hydrogen) atoms. The van der Waals surface area contributed by atoms with Crippen LogP contribution in [-0.2, 0) is 10.7 Å². The van der Waals surface area contributed by atoms with Gasteiger partial charge < -0.3 is 0 Å². The van der Waals surface area contributed by atoms with Crippen molar-refractivity contribution in [1.82, 2.24) is 9.21 Å². The summed E-state index contributed by atoms with van der Waals surface area (Å²) < 4.78 is 7.77. The Hall–Kier alpha value is -0.550. The lowest BCUT2D eigenvalue weighted by molar-refractivity contribution is 0.136. The normalized spacial score (nSPS) is 26.9. The van der Waals surface area contributed by atoms with E-state index < -0.39 is 0 Å². The molecule has 2 fully saturated rings. The second-order valence-electron chi connectivity index (χ2n) is 4.37. The molecule has 0 spiro atoms. The summed E-state index contributed by atoms with van der Waals surface area (Å²) in [6, 6.07) is 11.3. The SMILES string of the molecule is c1ccc(CN2CCN3SOCC3C2)cc1. The third-order valence-corrected chi connectivity index (χ3v) is 4.08. The van der Waals surface area contributed by atoms with Crippen molar-refractivity contribution in [2.75, 3.05) is 26.2 Å². The van der Waals surface area contributed by atoms with Crippen molar-refractivity contribution in [2.24, 2.45) is 0 Å². The first-order valence-corrected chi connectivity index (χ1v) is 6.44. The monoisotopic (exact) mass is 236 g/mol. The topological polar surface area (TPSA) is 15.7 Å². The highest BCUT2D eigenvalue weighted by atomic mass is 32.2. The van der Waals surface area contributed by atoms with Crippen LogP contribution in [0.2, 0.25) is 0 Å². The van der Waals surface area contributed by atoms with Gasteiger partial charge in [0.15, 0.2) is 0 Å². The van der Waals surface area contributed by atoms with Crippen LogP contribution in [0.1, 0.15) is 5.56 Å². The Morgan fingerprint density at radius 3 is 3.00 bits per heavy atom. The number of rotatable bonds is 2. The smallest absolute Gasteiger partial charge is 0.0824 e. The van der Waals surface area contributed by atoms with E-state index in [4.69, 9.17) is 4.18 Å². The maximum Gasteiger partial charge on any atom is 0.0824 e. The fourth-order valence-corrected chi connectivity index (χ4v) is 3.06. The maximum absolute atomic E-state index is 5.41. The van der Waals surface area contributed by atoms with Crippen molar-refractivity contribution in [3.8, 4) is 0 Å². The summed E-state index contributed by atoms with van der Waals surface area (Å²) in [6.07, 6.45) is 0. The van der Waals surface area contributed by atoms with Crippen molar-refractivity contribution in [1.29, 1.82) is 0 Å². The zero-order valence-corrected chi connectivity index (χ0v) is 10.0. The van der Waals surface area contributed by atoms with E-state index in [1.807, 2.05) is 0 Å². The molecule has 1 aromatic rings. The Bertz CT molecular complexity index is 346. The lowest BCUT2D eigenvalue weighted by Gasteiger charge is -2.34. The van der Waals surface area contributed by atoms with Crippen LogP contribution < -0.4 is 0 Å². The first kappa shape index (κ1) is 10.6. The van der Waals surface area contributed by atoms with Crippen LogP contribution in [-0.4, -0.2) is 41.5 Å². The molecular weight excluding hydrogens is 220 g/mol. The molecule has 0 saturated carbocycles. The first-order chi connectivity index (χ1) is 7.92. The summed E-state index contributed by atoms with van der Waals surface area (Å²) >= 11 is 1.54. The highest BCUT2D eigenvalue weighted by Crippen LogP contribution is 2.27. The average Bonchev–Trinajstić information content (AvgIpc) is 2.77. The van der Waals surface area contributed by atoms with Gasteiger partial charge in [0, 0.05) is 26.2 Å². The molecule has 3 rings (SSSR count). The van der Waals surface area contributed by atoms with E-state index in [1.54, 1.807) is 12.2 Å². The van der Waals surface area contributed by atoms with Gasteiger partial charge in [0.2, 0.25) is 0 Å². The molecule has 2 aliphatic heterocycles. The maximum atomic E-state index is 5.41. The molecule has 0 N–H and O–H groups in total. The van der Waals surface area contributed by atoms with Gasteiger partial charge in [0.05, 0.1) is 24.9 Å². The molecule has 2 heterocycles. The first-order valence-electron chi connectivity index (χ1n) is 5.74. The van der Waals surface area contributed by atoms with Gasteiger partial charge in [-0.1, -0.05) is 30.3 Å². The molecule has 3 nitrogen and oxygen atoms in total. The van der Waals surface area contributed by atoms with E-state index in [2.05, 4.69) is 39.5 Å².